The van der Waals surface area contributed by atoms with Crippen molar-refractivity contribution in [3.05, 3.63) is 29.3 Å². The summed E-state index contributed by atoms with van der Waals surface area (Å²) in [6, 6.07) is 5.89. The Hall–Kier alpha value is -1.55. The number of piperidine rings is 1. The Bertz CT molecular complexity index is 602. The molecule has 3 rings (SSSR count). The van der Waals surface area contributed by atoms with Crippen LogP contribution in [0.2, 0.25) is 0 Å². The number of phenols is 1. The number of phenolic OH excluding ortho intramolecular Hbond substituents is 1. The van der Waals surface area contributed by atoms with Gasteiger partial charge in [-0.15, -0.1) is 0 Å². The number of rotatable bonds is 5. The van der Waals surface area contributed by atoms with Crippen molar-refractivity contribution in [1.82, 2.24) is 10.2 Å². The number of hydrogen-bond donors (Lipinski definition) is 2. The van der Waals surface area contributed by atoms with Crippen LogP contribution in [0.5, 0.6) is 5.75 Å². The first-order valence-electron chi connectivity index (χ1n) is 9.88. The third-order valence-electron chi connectivity index (χ3n) is 6.16. The Labute approximate surface area is 151 Å². The first-order chi connectivity index (χ1) is 12.1. The van der Waals surface area contributed by atoms with Crippen molar-refractivity contribution in [2.24, 2.45) is 11.8 Å². The molecule has 0 unspecified atom stereocenters. The molecule has 1 aromatic rings. The predicted molar refractivity (Wildman–Crippen MR) is 101 cm³/mol. The third kappa shape index (κ3) is 4.35. The van der Waals surface area contributed by atoms with E-state index in [0.29, 0.717) is 12.1 Å². The number of likely N-dealkylation sites (tertiary alicyclic amines) is 1. The molecule has 3 atom stereocenters. The highest BCUT2D eigenvalue weighted by Crippen LogP contribution is 2.38. The second-order valence-electron chi connectivity index (χ2n) is 7.95. The van der Waals surface area contributed by atoms with Crippen LogP contribution in [0.4, 0.5) is 0 Å². The lowest BCUT2D eigenvalue weighted by Crippen LogP contribution is -2.50. The van der Waals surface area contributed by atoms with E-state index in [2.05, 4.69) is 17.1 Å². The highest BCUT2D eigenvalue weighted by molar-refractivity contribution is 5.96. The Morgan fingerprint density at radius 2 is 2.08 bits per heavy atom. The van der Waals surface area contributed by atoms with Crippen LogP contribution in [0.15, 0.2) is 18.2 Å². The highest BCUT2D eigenvalue weighted by Gasteiger charge is 2.36. The fraction of sp³-hybridized carbons (Fsp3) is 0.667. The summed E-state index contributed by atoms with van der Waals surface area (Å²) in [4.78, 5) is 14.9. The van der Waals surface area contributed by atoms with E-state index in [1.165, 1.54) is 38.6 Å². The van der Waals surface area contributed by atoms with Gasteiger partial charge in [0.25, 0.3) is 5.91 Å². The van der Waals surface area contributed by atoms with Gasteiger partial charge < -0.3 is 15.3 Å². The van der Waals surface area contributed by atoms with Crippen LogP contribution in [0.25, 0.3) is 0 Å². The van der Waals surface area contributed by atoms with Gasteiger partial charge in [0.1, 0.15) is 5.75 Å². The van der Waals surface area contributed by atoms with Gasteiger partial charge in [0.15, 0.2) is 0 Å². The molecule has 25 heavy (non-hydrogen) atoms. The second-order valence-corrected chi connectivity index (χ2v) is 7.95. The number of carbonyl (C=O) groups is 1. The van der Waals surface area contributed by atoms with Crippen molar-refractivity contribution in [2.75, 3.05) is 19.6 Å². The Morgan fingerprint density at radius 3 is 2.92 bits per heavy atom. The molecule has 4 heteroatoms. The van der Waals surface area contributed by atoms with Crippen molar-refractivity contribution in [3.8, 4) is 5.75 Å². The summed E-state index contributed by atoms with van der Waals surface area (Å²) in [6.45, 7) is 7.28. The van der Waals surface area contributed by atoms with E-state index < -0.39 is 0 Å². The summed E-state index contributed by atoms with van der Waals surface area (Å²) in [5.41, 5.74) is 1.35. The number of aryl methyl sites for hydroxylation is 1. The summed E-state index contributed by atoms with van der Waals surface area (Å²) >= 11 is 0. The van der Waals surface area contributed by atoms with Gasteiger partial charge in [-0.25, -0.2) is 0 Å². The SMILES string of the molecule is Cc1ccc(O)c(C(=O)NCCCN2CC[C@H](C)[C@@H]3CCCC[C@@H]32)c1. The van der Waals surface area contributed by atoms with E-state index in [-0.39, 0.29) is 11.7 Å². The van der Waals surface area contributed by atoms with Gasteiger partial charge in [0.2, 0.25) is 0 Å². The number of hydrogen-bond acceptors (Lipinski definition) is 3. The lowest BCUT2D eigenvalue weighted by atomic mass is 9.72. The predicted octanol–water partition coefficient (Wildman–Crippen LogP) is 3.72. The monoisotopic (exact) mass is 344 g/mol. The molecule has 0 radical (unpaired) electrons. The molecule has 0 spiro atoms. The smallest absolute Gasteiger partial charge is 0.255 e. The Kier molecular flexibility index (Phi) is 6.00. The summed E-state index contributed by atoms with van der Waals surface area (Å²) in [7, 11) is 0. The van der Waals surface area contributed by atoms with Crippen LogP contribution in [-0.4, -0.2) is 41.6 Å². The number of nitrogens with zero attached hydrogens (tertiary/aromatic N) is 1. The molecule has 2 fully saturated rings. The molecule has 0 bridgehead atoms. The van der Waals surface area contributed by atoms with E-state index in [1.54, 1.807) is 12.1 Å². The Morgan fingerprint density at radius 1 is 1.28 bits per heavy atom. The van der Waals surface area contributed by atoms with Crippen molar-refractivity contribution >= 4 is 5.91 Å². The number of nitrogens with one attached hydrogen (secondary N) is 1. The fourth-order valence-electron chi connectivity index (χ4n) is 4.70. The van der Waals surface area contributed by atoms with Gasteiger partial charge in [-0.1, -0.05) is 31.4 Å². The van der Waals surface area contributed by atoms with E-state index in [1.807, 2.05) is 13.0 Å². The lowest BCUT2D eigenvalue weighted by molar-refractivity contribution is 0.0253. The van der Waals surface area contributed by atoms with Gasteiger partial charge in [-0.05, 0) is 63.1 Å². The molecule has 1 heterocycles. The molecule has 1 saturated carbocycles. The molecule has 2 aliphatic rings. The number of carbonyl (C=O) groups excluding carboxylic acids is 1. The minimum Gasteiger partial charge on any atom is -0.507 e. The van der Waals surface area contributed by atoms with Crippen LogP contribution >= 0.6 is 0 Å². The molecule has 2 N–H and O–H groups in total. The Balaban J connectivity index is 1.46. The molecular formula is C21H32N2O2. The topological polar surface area (TPSA) is 52.6 Å². The van der Waals surface area contributed by atoms with Crippen LogP contribution in [0.1, 0.15) is 61.4 Å². The van der Waals surface area contributed by atoms with Crippen molar-refractivity contribution in [1.29, 1.82) is 0 Å². The summed E-state index contributed by atoms with van der Waals surface area (Å²) in [5.74, 6) is 1.62. The fourth-order valence-corrected chi connectivity index (χ4v) is 4.70. The zero-order valence-electron chi connectivity index (χ0n) is 15.6. The van der Waals surface area contributed by atoms with Gasteiger partial charge >= 0.3 is 0 Å². The quantitative estimate of drug-likeness (QED) is 0.801. The van der Waals surface area contributed by atoms with Crippen LogP contribution in [0, 0.1) is 18.8 Å². The van der Waals surface area contributed by atoms with Crippen LogP contribution < -0.4 is 5.32 Å². The first kappa shape index (κ1) is 18.2. The number of fused-ring (bicyclic) bond motifs is 1. The normalized spacial score (nSPS) is 26.9. The van der Waals surface area contributed by atoms with Crippen molar-refractivity contribution < 1.29 is 9.90 Å². The van der Waals surface area contributed by atoms with Gasteiger partial charge in [0.05, 0.1) is 5.56 Å². The maximum atomic E-state index is 12.3. The molecular weight excluding hydrogens is 312 g/mol. The number of aromatic hydroxyl groups is 1. The first-order valence-corrected chi connectivity index (χ1v) is 9.88. The second kappa shape index (κ2) is 8.22. The molecule has 1 aromatic carbocycles. The van der Waals surface area contributed by atoms with Crippen LogP contribution in [0.3, 0.4) is 0 Å². The van der Waals surface area contributed by atoms with Crippen LogP contribution in [-0.2, 0) is 0 Å². The standard InChI is InChI=1S/C21H32N2O2/c1-15-8-9-20(24)18(14-15)21(25)22-11-5-12-23-13-10-16(2)17-6-3-4-7-19(17)23/h8-9,14,16-17,19,24H,3-7,10-13H2,1-2H3,(H,22,25)/t16-,17-,19-/m0/s1. The lowest BCUT2D eigenvalue weighted by Gasteiger charge is -2.47. The van der Waals surface area contributed by atoms with E-state index in [9.17, 15) is 9.90 Å². The molecule has 4 nitrogen and oxygen atoms in total. The number of benzene rings is 1. The number of amides is 1. The molecule has 0 aromatic heterocycles. The summed E-state index contributed by atoms with van der Waals surface area (Å²) in [5, 5.41) is 12.8. The highest BCUT2D eigenvalue weighted by atomic mass is 16.3. The molecule has 1 amide bonds. The summed E-state index contributed by atoms with van der Waals surface area (Å²) in [6.07, 6.45) is 7.79. The zero-order valence-corrected chi connectivity index (χ0v) is 15.6. The van der Waals surface area contributed by atoms with Crippen molar-refractivity contribution in [3.63, 3.8) is 0 Å². The van der Waals surface area contributed by atoms with Crippen molar-refractivity contribution in [2.45, 2.75) is 58.4 Å². The summed E-state index contributed by atoms with van der Waals surface area (Å²) < 4.78 is 0. The average Bonchev–Trinajstić information content (AvgIpc) is 2.62. The minimum absolute atomic E-state index is 0.0539. The maximum absolute atomic E-state index is 12.3. The largest absolute Gasteiger partial charge is 0.507 e. The van der Waals surface area contributed by atoms with E-state index >= 15 is 0 Å². The van der Waals surface area contributed by atoms with E-state index in [4.69, 9.17) is 0 Å². The third-order valence-corrected chi connectivity index (χ3v) is 6.16. The van der Waals surface area contributed by atoms with Gasteiger partial charge in [-0.2, -0.15) is 0 Å². The molecule has 1 aliphatic carbocycles. The molecule has 1 saturated heterocycles. The minimum atomic E-state index is -0.177. The molecule has 1 aliphatic heterocycles. The zero-order chi connectivity index (χ0) is 17.8. The maximum Gasteiger partial charge on any atom is 0.255 e. The van der Waals surface area contributed by atoms with Gasteiger partial charge in [-0.3, -0.25) is 4.79 Å². The average molecular weight is 344 g/mol. The molecule has 138 valence electrons. The van der Waals surface area contributed by atoms with Gasteiger partial charge in [0, 0.05) is 19.1 Å². The van der Waals surface area contributed by atoms with E-state index in [0.717, 1.165) is 36.4 Å².